The molecule has 0 radical (unpaired) electrons. The molecule has 3 heteroatoms. The molecule has 2 N–H and O–H groups in total. The predicted octanol–water partition coefficient (Wildman–Crippen LogP) is 2.77. The normalized spacial score (nSPS) is 30.8. The number of rotatable bonds is 3. The van der Waals surface area contributed by atoms with Crippen molar-refractivity contribution in [2.75, 3.05) is 12.3 Å². The Bertz CT molecular complexity index is 468. The number of anilines is 1. The number of benzene rings is 1. The second-order valence-electron chi connectivity index (χ2n) is 5.86. The van der Waals surface area contributed by atoms with Crippen molar-refractivity contribution < 1.29 is 4.79 Å². The monoisotopic (exact) mass is 258 g/mol. The molecule has 3 nitrogen and oxygen atoms in total. The van der Waals surface area contributed by atoms with Gasteiger partial charge in [-0.3, -0.25) is 9.69 Å². The van der Waals surface area contributed by atoms with Gasteiger partial charge in [0.05, 0.1) is 0 Å². The average molecular weight is 258 g/mol. The molecule has 1 aromatic carbocycles. The van der Waals surface area contributed by atoms with Crippen LogP contribution in [0, 0.1) is 5.92 Å². The Labute approximate surface area is 114 Å². The van der Waals surface area contributed by atoms with Gasteiger partial charge in [0, 0.05) is 30.1 Å². The molecule has 2 saturated heterocycles. The standard InChI is InChI=1S/C16H22N2O/c1-2-9-18-13-7-8-14(15(19)10-13)16(18)11-3-5-12(17)6-4-11/h3-6,13-14,16H,2,7-10,17H2,1H3. The van der Waals surface area contributed by atoms with Gasteiger partial charge in [-0.15, -0.1) is 0 Å². The van der Waals surface area contributed by atoms with Crippen molar-refractivity contribution in [1.82, 2.24) is 4.90 Å². The molecule has 3 aliphatic rings. The third kappa shape index (κ3) is 2.16. The van der Waals surface area contributed by atoms with Crippen LogP contribution >= 0.6 is 0 Å². The Hall–Kier alpha value is -1.35. The largest absolute Gasteiger partial charge is 0.399 e. The van der Waals surface area contributed by atoms with Crippen molar-refractivity contribution in [3.8, 4) is 0 Å². The Kier molecular flexibility index (Phi) is 3.31. The number of carbonyl (C=O) groups is 1. The summed E-state index contributed by atoms with van der Waals surface area (Å²) < 4.78 is 0. The Morgan fingerprint density at radius 2 is 2.00 bits per heavy atom. The van der Waals surface area contributed by atoms with Gasteiger partial charge in [0.15, 0.2) is 0 Å². The summed E-state index contributed by atoms with van der Waals surface area (Å²) in [6.07, 6.45) is 4.14. The Balaban J connectivity index is 1.95. The minimum Gasteiger partial charge on any atom is -0.399 e. The highest BCUT2D eigenvalue weighted by Crippen LogP contribution is 2.45. The number of nitrogen functional groups attached to an aromatic ring is 1. The predicted molar refractivity (Wildman–Crippen MR) is 76.7 cm³/mol. The molecule has 0 aromatic heterocycles. The molecule has 2 heterocycles. The summed E-state index contributed by atoms with van der Waals surface area (Å²) in [5, 5.41) is 0. The molecule has 19 heavy (non-hydrogen) atoms. The maximum atomic E-state index is 12.2. The van der Waals surface area contributed by atoms with Gasteiger partial charge in [-0.05, 0) is 43.5 Å². The molecule has 0 amide bonds. The molecule has 3 unspecified atom stereocenters. The number of ketones is 1. The summed E-state index contributed by atoms with van der Waals surface area (Å²) in [7, 11) is 0. The van der Waals surface area contributed by atoms with Crippen molar-refractivity contribution in [3.63, 3.8) is 0 Å². The first-order valence-electron chi connectivity index (χ1n) is 7.34. The number of nitrogens with two attached hydrogens (primary N) is 1. The van der Waals surface area contributed by atoms with Crippen LogP contribution in [0.1, 0.15) is 44.2 Å². The van der Waals surface area contributed by atoms with Crippen LogP contribution in [0.2, 0.25) is 0 Å². The van der Waals surface area contributed by atoms with Gasteiger partial charge in [-0.1, -0.05) is 19.1 Å². The van der Waals surface area contributed by atoms with E-state index in [1.165, 1.54) is 12.0 Å². The number of piperidine rings is 2. The van der Waals surface area contributed by atoms with E-state index in [0.29, 0.717) is 11.8 Å². The summed E-state index contributed by atoms with van der Waals surface area (Å²) in [6, 6.07) is 8.83. The minimum absolute atomic E-state index is 0.195. The topological polar surface area (TPSA) is 46.3 Å². The second-order valence-corrected chi connectivity index (χ2v) is 5.86. The van der Waals surface area contributed by atoms with Crippen LogP contribution in [0.5, 0.6) is 0 Å². The highest BCUT2D eigenvalue weighted by Gasteiger charge is 2.46. The van der Waals surface area contributed by atoms with Gasteiger partial charge in [0.2, 0.25) is 0 Å². The number of carbonyl (C=O) groups excluding carboxylic acids is 1. The molecular formula is C16H22N2O. The fourth-order valence-corrected chi connectivity index (χ4v) is 3.79. The number of hydrogen-bond acceptors (Lipinski definition) is 3. The van der Waals surface area contributed by atoms with Crippen LogP contribution in [0.4, 0.5) is 5.69 Å². The van der Waals surface area contributed by atoms with E-state index in [4.69, 9.17) is 5.73 Å². The number of Topliss-reactive ketones (excluding diaryl/α,β-unsaturated/α-hetero) is 1. The van der Waals surface area contributed by atoms with E-state index >= 15 is 0 Å². The van der Waals surface area contributed by atoms with Gasteiger partial charge >= 0.3 is 0 Å². The molecule has 1 aromatic rings. The van der Waals surface area contributed by atoms with Crippen molar-refractivity contribution in [1.29, 1.82) is 0 Å². The van der Waals surface area contributed by atoms with E-state index in [2.05, 4.69) is 24.0 Å². The van der Waals surface area contributed by atoms with Crippen LogP contribution in [-0.2, 0) is 4.79 Å². The summed E-state index contributed by atoms with van der Waals surface area (Å²) in [5.41, 5.74) is 7.82. The van der Waals surface area contributed by atoms with Gasteiger partial charge in [0.25, 0.3) is 0 Å². The first kappa shape index (κ1) is 12.7. The fraction of sp³-hybridized carbons (Fsp3) is 0.562. The smallest absolute Gasteiger partial charge is 0.139 e. The van der Waals surface area contributed by atoms with Crippen molar-refractivity contribution >= 4 is 11.5 Å². The van der Waals surface area contributed by atoms with Gasteiger partial charge in [0.1, 0.15) is 5.78 Å². The van der Waals surface area contributed by atoms with Crippen molar-refractivity contribution in [2.24, 2.45) is 5.92 Å². The summed E-state index contributed by atoms with van der Waals surface area (Å²) in [6.45, 7) is 3.30. The average Bonchev–Trinajstić information content (AvgIpc) is 2.41. The molecular weight excluding hydrogens is 236 g/mol. The summed E-state index contributed by atoms with van der Waals surface area (Å²) >= 11 is 0. The van der Waals surface area contributed by atoms with Crippen LogP contribution < -0.4 is 5.73 Å². The third-order valence-electron chi connectivity index (χ3n) is 4.63. The SMILES string of the molecule is CCCN1C2CCC(C(=O)C2)C1c1ccc(N)cc1. The van der Waals surface area contributed by atoms with E-state index in [1.807, 2.05) is 12.1 Å². The molecule has 102 valence electrons. The van der Waals surface area contributed by atoms with E-state index in [9.17, 15) is 4.79 Å². The van der Waals surface area contributed by atoms with E-state index in [-0.39, 0.29) is 12.0 Å². The summed E-state index contributed by atoms with van der Waals surface area (Å²) in [5.74, 6) is 0.658. The minimum atomic E-state index is 0.195. The zero-order valence-corrected chi connectivity index (χ0v) is 11.5. The zero-order chi connectivity index (χ0) is 13.4. The first-order valence-corrected chi connectivity index (χ1v) is 7.34. The van der Waals surface area contributed by atoms with Gasteiger partial charge in [-0.2, -0.15) is 0 Å². The number of nitrogens with zero attached hydrogens (tertiary/aromatic N) is 1. The highest BCUT2D eigenvalue weighted by molar-refractivity contribution is 5.84. The molecule has 2 bridgehead atoms. The van der Waals surface area contributed by atoms with Crippen molar-refractivity contribution in [3.05, 3.63) is 29.8 Å². The molecule has 1 aliphatic carbocycles. The summed E-state index contributed by atoms with van der Waals surface area (Å²) in [4.78, 5) is 14.8. The third-order valence-corrected chi connectivity index (χ3v) is 4.63. The van der Waals surface area contributed by atoms with E-state index in [0.717, 1.165) is 31.5 Å². The lowest BCUT2D eigenvalue weighted by Crippen LogP contribution is -2.54. The maximum absolute atomic E-state index is 12.2. The number of fused-ring (bicyclic) bond motifs is 3. The quantitative estimate of drug-likeness (QED) is 0.848. The second kappa shape index (κ2) is 4.97. The van der Waals surface area contributed by atoms with Crippen LogP contribution in [0.3, 0.4) is 0 Å². The van der Waals surface area contributed by atoms with Gasteiger partial charge < -0.3 is 5.73 Å². The first-order chi connectivity index (χ1) is 9.20. The van der Waals surface area contributed by atoms with Crippen LogP contribution in [0.25, 0.3) is 0 Å². The van der Waals surface area contributed by atoms with E-state index < -0.39 is 0 Å². The van der Waals surface area contributed by atoms with Crippen LogP contribution in [0.15, 0.2) is 24.3 Å². The lowest BCUT2D eigenvalue weighted by molar-refractivity contribution is -0.138. The zero-order valence-electron chi connectivity index (χ0n) is 11.5. The molecule has 1 saturated carbocycles. The fourth-order valence-electron chi connectivity index (χ4n) is 3.79. The molecule has 0 spiro atoms. The highest BCUT2D eigenvalue weighted by atomic mass is 16.1. The van der Waals surface area contributed by atoms with E-state index in [1.54, 1.807) is 0 Å². The lowest BCUT2D eigenvalue weighted by atomic mass is 9.71. The molecule has 2 aliphatic heterocycles. The molecule has 4 rings (SSSR count). The maximum Gasteiger partial charge on any atom is 0.139 e. The lowest BCUT2D eigenvalue weighted by Gasteiger charge is -2.50. The molecule has 3 atom stereocenters. The van der Waals surface area contributed by atoms with Crippen molar-refractivity contribution in [2.45, 2.75) is 44.7 Å². The molecule has 3 fully saturated rings. The Morgan fingerprint density at radius 3 is 2.63 bits per heavy atom. The Morgan fingerprint density at radius 1 is 1.26 bits per heavy atom. The van der Waals surface area contributed by atoms with Gasteiger partial charge in [-0.25, -0.2) is 0 Å². The van der Waals surface area contributed by atoms with Crippen LogP contribution in [-0.4, -0.2) is 23.3 Å². The number of hydrogen-bond donors (Lipinski definition) is 1.